The Morgan fingerprint density at radius 2 is 1.73 bits per heavy atom. The molecule has 7 nitrogen and oxygen atoms in total. The van der Waals surface area contributed by atoms with Gasteiger partial charge in [-0.05, 0) is 54.3 Å². The number of hydrogen-bond acceptors (Lipinski definition) is 5. The lowest BCUT2D eigenvalue weighted by Gasteiger charge is -2.22. The summed E-state index contributed by atoms with van der Waals surface area (Å²) < 4.78 is 28.7. The van der Waals surface area contributed by atoms with Crippen LogP contribution in [0.15, 0.2) is 59.6 Å². The first-order valence-electron chi connectivity index (χ1n) is 10.3. The van der Waals surface area contributed by atoms with Gasteiger partial charge in [0.15, 0.2) is 6.23 Å². The van der Waals surface area contributed by atoms with Gasteiger partial charge >= 0.3 is 0 Å². The number of sulfonamides is 1. The Bertz CT molecular complexity index is 1330. The van der Waals surface area contributed by atoms with E-state index in [9.17, 15) is 18.3 Å². The Kier molecular flexibility index (Phi) is 5.72. The number of hydrogen-bond donors (Lipinski definition) is 2. The van der Waals surface area contributed by atoms with Gasteiger partial charge in [0.2, 0.25) is 0 Å². The molecule has 2 N–H and O–H groups in total. The van der Waals surface area contributed by atoms with Crippen molar-refractivity contribution in [2.75, 3.05) is 9.62 Å². The SMILES string of the molecule is Cc1ccc(N2C(=O)c3c(Cl)ccc(NS(=O)(=O)c4ccc(C(C)(C)C)cc4)c3C2O)cn1. The van der Waals surface area contributed by atoms with Crippen LogP contribution in [0.25, 0.3) is 0 Å². The molecule has 1 unspecified atom stereocenters. The lowest BCUT2D eigenvalue weighted by Crippen LogP contribution is -2.27. The molecule has 2 aromatic carbocycles. The summed E-state index contributed by atoms with van der Waals surface area (Å²) in [4.78, 5) is 18.5. The maximum Gasteiger partial charge on any atom is 0.262 e. The minimum Gasteiger partial charge on any atom is -0.369 e. The normalized spacial score (nSPS) is 16.1. The molecule has 33 heavy (non-hydrogen) atoms. The average Bonchev–Trinajstić information content (AvgIpc) is 3.02. The zero-order valence-electron chi connectivity index (χ0n) is 18.6. The highest BCUT2D eigenvalue weighted by Gasteiger charge is 2.41. The third-order valence-corrected chi connectivity index (χ3v) is 7.28. The van der Waals surface area contributed by atoms with Crippen molar-refractivity contribution in [1.29, 1.82) is 0 Å². The Hall–Kier alpha value is -2.94. The van der Waals surface area contributed by atoms with E-state index in [1.807, 2.05) is 20.8 Å². The van der Waals surface area contributed by atoms with Gasteiger partial charge in [-0.25, -0.2) is 8.42 Å². The van der Waals surface area contributed by atoms with E-state index >= 15 is 0 Å². The number of nitrogens with zero attached hydrogens (tertiary/aromatic N) is 2. The first-order valence-corrected chi connectivity index (χ1v) is 12.2. The van der Waals surface area contributed by atoms with Crippen LogP contribution in [0.2, 0.25) is 5.02 Å². The quantitative estimate of drug-likeness (QED) is 0.553. The van der Waals surface area contributed by atoms with Gasteiger partial charge in [-0.3, -0.25) is 19.4 Å². The molecule has 1 aliphatic rings. The van der Waals surface area contributed by atoms with Crippen LogP contribution >= 0.6 is 11.6 Å². The summed E-state index contributed by atoms with van der Waals surface area (Å²) >= 11 is 6.28. The number of aromatic nitrogens is 1. The third-order valence-electron chi connectivity index (χ3n) is 5.58. The molecule has 0 aliphatic carbocycles. The summed E-state index contributed by atoms with van der Waals surface area (Å²) in [6, 6.07) is 12.8. The van der Waals surface area contributed by atoms with Crippen molar-refractivity contribution in [2.24, 2.45) is 0 Å². The number of aliphatic hydroxyl groups excluding tert-OH is 1. The number of rotatable bonds is 4. The maximum atomic E-state index is 13.1. The van der Waals surface area contributed by atoms with Gasteiger partial charge in [0.1, 0.15) is 0 Å². The summed E-state index contributed by atoms with van der Waals surface area (Å²) in [6.45, 7) is 7.93. The van der Waals surface area contributed by atoms with E-state index in [4.69, 9.17) is 11.6 Å². The van der Waals surface area contributed by atoms with Crippen LogP contribution in [0.3, 0.4) is 0 Å². The summed E-state index contributed by atoms with van der Waals surface area (Å²) in [5.41, 5.74) is 2.23. The first kappa shape index (κ1) is 23.2. The highest BCUT2D eigenvalue weighted by Crippen LogP contribution is 2.43. The van der Waals surface area contributed by atoms with Crippen LogP contribution in [-0.4, -0.2) is 24.4 Å². The largest absolute Gasteiger partial charge is 0.369 e. The fourth-order valence-electron chi connectivity index (χ4n) is 3.73. The van der Waals surface area contributed by atoms with E-state index in [-0.39, 0.29) is 32.1 Å². The third kappa shape index (κ3) is 4.21. The fraction of sp³-hybridized carbons (Fsp3) is 0.250. The lowest BCUT2D eigenvalue weighted by molar-refractivity contribution is 0.0935. The highest BCUT2D eigenvalue weighted by molar-refractivity contribution is 7.92. The van der Waals surface area contributed by atoms with Crippen LogP contribution in [0.4, 0.5) is 11.4 Å². The van der Waals surface area contributed by atoms with Crippen molar-refractivity contribution in [3.8, 4) is 0 Å². The monoisotopic (exact) mass is 485 g/mol. The van der Waals surface area contributed by atoms with E-state index in [1.165, 1.54) is 30.5 Å². The van der Waals surface area contributed by atoms with Crippen LogP contribution < -0.4 is 9.62 Å². The number of anilines is 2. The minimum absolute atomic E-state index is 0.0491. The molecule has 4 rings (SSSR count). The topological polar surface area (TPSA) is 99.6 Å². The number of aryl methyl sites for hydroxylation is 1. The molecule has 1 atom stereocenters. The number of carbonyl (C=O) groups is 1. The van der Waals surface area contributed by atoms with Crippen molar-refractivity contribution < 1.29 is 18.3 Å². The molecule has 3 aromatic rings. The maximum absolute atomic E-state index is 13.1. The molecular formula is C24H24ClN3O4S. The van der Waals surface area contributed by atoms with Crippen LogP contribution in [0, 0.1) is 6.92 Å². The molecule has 2 heterocycles. The van der Waals surface area contributed by atoms with Crippen molar-refractivity contribution in [2.45, 2.75) is 44.2 Å². The van der Waals surface area contributed by atoms with Crippen LogP contribution in [0.5, 0.6) is 0 Å². The Labute approximate surface area is 198 Å². The molecule has 0 saturated heterocycles. The highest BCUT2D eigenvalue weighted by atomic mass is 35.5. The van der Waals surface area contributed by atoms with Gasteiger partial charge in [0.25, 0.3) is 15.9 Å². The zero-order valence-corrected chi connectivity index (χ0v) is 20.2. The number of halogens is 1. The summed E-state index contributed by atoms with van der Waals surface area (Å²) in [7, 11) is -3.99. The second-order valence-corrected chi connectivity index (χ2v) is 11.1. The van der Waals surface area contributed by atoms with Crippen LogP contribution in [-0.2, 0) is 15.4 Å². The number of carbonyl (C=O) groups excluding carboxylic acids is 1. The smallest absolute Gasteiger partial charge is 0.262 e. The number of amides is 1. The minimum atomic E-state index is -3.99. The molecule has 0 fully saturated rings. The predicted octanol–water partition coefficient (Wildman–Crippen LogP) is 4.79. The summed E-state index contributed by atoms with van der Waals surface area (Å²) in [5.74, 6) is -0.538. The van der Waals surface area contributed by atoms with E-state index in [0.29, 0.717) is 5.69 Å². The Morgan fingerprint density at radius 1 is 1.06 bits per heavy atom. The summed E-state index contributed by atoms with van der Waals surface area (Å²) in [5, 5.41) is 11.1. The molecule has 9 heteroatoms. The fourth-order valence-corrected chi connectivity index (χ4v) is 5.05. The van der Waals surface area contributed by atoms with Crippen molar-refractivity contribution in [3.05, 3.63) is 82.1 Å². The Balaban J connectivity index is 1.72. The number of fused-ring (bicyclic) bond motifs is 1. The van der Waals surface area contributed by atoms with E-state index in [0.717, 1.165) is 16.2 Å². The van der Waals surface area contributed by atoms with Gasteiger partial charge in [-0.2, -0.15) is 0 Å². The molecule has 0 bridgehead atoms. The van der Waals surface area contributed by atoms with E-state index in [2.05, 4.69) is 9.71 Å². The number of pyridine rings is 1. The summed E-state index contributed by atoms with van der Waals surface area (Å²) in [6.07, 6.45) is 0.0355. The number of benzene rings is 2. The second-order valence-electron chi connectivity index (χ2n) is 8.97. The predicted molar refractivity (Wildman–Crippen MR) is 128 cm³/mol. The van der Waals surface area contributed by atoms with Crippen molar-refractivity contribution >= 4 is 38.9 Å². The average molecular weight is 486 g/mol. The van der Waals surface area contributed by atoms with Gasteiger partial charge in [0.05, 0.1) is 33.1 Å². The standard InChI is InChI=1S/C24H24ClN3O4S/c1-14-5-8-16(13-26-14)28-22(29)20-18(25)11-12-19(21(20)23(28)30)27-33(31,32)17-9-6-15(7-10-17)24(2,3)4/h5-13,23,27,30H,1-4H3. The number of aliphatic hydroxyl groups is 1. The number of nitrogens with one attached hydrogen (secondary N) is 1. The van der Waals surface area contributed by atoms with E-state index in [1.54, 1.807) is 31.2 Å². The zero-order chi connectivity index (χ0) is 24.1. The molecule has 1 aliphatic heterocycles. The van der Waals surface area contributed by atoms with Gasteiger partial charge in [-0.1, -0.05) is 44.5 Å². The van der Waals surface area contributed by atoms with Crippen molar-refractivity contribution in [3.63, 3.8) is 0 Å². The van der Waals surface area contributed by atoms with Crippen molar-refractivity contribution in [1.82, 2.24) is 4.98 Å². The lowest BCUT2D eigenvalue weighted by atomic mass is 9.87. The molecular weight excluding hydrogens is 462 g/mol. The molecule has 172 valence electrons. The van der Waals surface area contributed by atoms with Crippen LogP contribution in [0.1, 0.15) is 54.2 Å². The van der Waals surface area contributed by atoms with Gasteiger partial charge in [-0.15, -0.1) is 0 Å². The molecule has 0 radical (unpaired) electrons. The Morgan fingerprint density at radius 3 is 2.30 bits per heavy atom. The molecule has 1 amide bonds. The second kappa shape index (κ2) is 8.13. The molecule has 0 saturated carbocycles. The molecule has 0 spiro atoms. The van der Waals surface area contributed by atoms with Gasteiger partial charge < -0.3 is 5.11 Å². The molecule has 1 aromatic heterocycles. The van der Waals surface area contributed by atoms with Gasteiger partial charge in [0, 0.05) is 11.3 Å². The first-order chi connectivity index (χ1) is 15.4. The van der Waals surface area contributed by atoms with E-state index < -0.39 is 22.2 Å².